The van der Waals surface area contributed by atoms with E-state index in [9.17, 15) is 0 Å². The molecule has 0 amide bonds. The minimum Gasteiger partial charge on any atom is -0.456 e. The molecular formula is C52H35NO. The van der Waals surface area contributed by atoms with Crippen LogP contribution in [-0.2, 0) is 0 Å². The molecule has 1 aromatic heterocycles. The van der Waals surface area contributed by atoms with Crippen LogP contribution in [-0.4, -0.2) is 0 Å². The molecule has 0 unspecified atom stereocenters. The maximum absolute atomic E-state index is 6.13. The van der Waals surface area contributed by atoms with Crippen molar-refractivity contribution in [3.63, 3.8) is 0 Å². The first kappa shape index (κ1) is 31.6. The highest BCUT2D eigenvalue weighted by atomic mass is 16.3. The van der Waals surface area contributed by atoms with Gasteiger partial charge in [-0.2, -0.15) is 0 Å². The number of nitrogens with zero attached hydrogens (tertiary/aromatic N) is 1. The third-order valence-electron chi connectivity index (χ3n) is 10.5. The standard InChI is InChI=1S/C52H35NO/c1-3-13-36(14-4-1)37-25-30-42(31-26-37)53(43-32-27-38(28-33-43)41-29-34-51-48(35-41)46-20-8-10-24-50(46)54-51)49-23-9-7-19-45(49)47-22-12-18-40-17-11-21-44(52(40)47)39-15-5-2-6-16-39/h1-35H. The van der Waals surface area contributed by atoms with Crippen LogP contribution in [0.5, 0.6) is 0 Å². The van der Waals surface area contributed by atoms with Crippen LogP contribution in [0.4, 0.5) is 17.1 Å². The van der Waals surface area contributed by atoms with Crippen LogP contribution in [0.3, 0.4) is 0 Å². The zero-order valence-corrected chi connectivity index (χ0v) is 29.6. The average molecular weight is 690 g/mol. The lowest BCUT2D eigenvalue weighted by Crippen LogP contribution is -2.11. The van der Waals surface area contributed by atoms with E-state index in [1.807, 2.05) is 12.1 Å². The van der Waals surface area contributed by atoms with Crippen LogP contribution in [0.2, 0.25) is 0 Å². The van der Waals surface area contributed by atoms with Crippen molar-refractivity contribution in [2.24, 2.45) is 0 Å². The molecule has 2 heteroatoms. The van der Waals surface area contributed by atoms with E-state index in [1.165, 1.54) is 44.2 Å². The van der Waals surface area contributed by atoms with Crippen molar-refractivity contribution in [3.8, 4) is 44.5 Å². The summed E-state index contributed by atoms with van der Waals surface area (Å²) in [6, 6.07) is 76.0. The van der Waals surface area contributed by atoms with Gasteiger partial charge >= 0.3 is 0 Å². The Hall–Kier alpha value is -7.16. The highest BCUT2D eigenvalue weighted by molar-refractivity contribution is 6.09. The van der Waals surface area contributed by atoms with Crippen LogP contribution in [0.1, 0.15) is 0 Å². The number of furan rings is 1. The maximum atomic E-state index is 6.13. The van der Waals surface area contributed by atoms with E-state index in [0.29, 0.717) is 0 Å². The minimum atomic E-state index is 0.905. The van der Waals surface area contributed by atoms with E-state index in [2.05, 4.69) is 205 Å². The molecule has 9 aromatic carbocycles. The molecule has 254 valence electrons. The Morgan fingerprint density at radius 3 is 1.56 bits per heavy atom. The van der Waals surface area contributed by atoms with Gasteiger partial charge in [-0.05, 0) is 98.2 Å². The number of fused-ring (bicyclic) bond motifs is 4. The highest BCUT2D eigenvalue weighted by Crippen LogP contribution is 2.45. The largest absolute Gasteiger partial charge is 0.456 e. The summed E-state index contributed by atoms with van der Waals surface area (Å²) >= 11 is 0. The summed E-state index contributed by atoms with van der Waals surface area (Å²) in [5, 5.41) is 4.73. The smallest absolute Gasteiger partial charge is 0.135 e. The second kappa shape index (κ2) is 13.4. The summed E-state index contributed by atoms with van der Waals surface area (Å²) in [4.78, 5) is 2.39. The van der Waals surface area contributed by atoms with Crippen molar-refractivity contribution >= 4 is 49.8 Å². The fourth-order valence-corrected chi connectivity index (χ4v) is 7.89. The Morgan fingerprint density at radius 2 is 0.833 bits per heavy atom. The van der Waals surface area contributed by atoms with Gasteiger partial charge in [-0.25, -0.2) is 0 Å². The fourth-order valence-electron chi connectivity index (χ4n) is 7.89. The number of rotatable bonds is 7. The molecule has 0 aliphatic heterocycles. The molecule has 0 saturated carbocycles. The van der Waals surface area contributed by atoms with E-state index >= 15 is 0 Å². The fraction of sp³-hybridized carbons (Fsp3) is 0. The summed E-state index contributed by atoms with van der Waals surface area (Å²) in [5.41, 5.74) is 14.6. The van der Waals surface area contributed by atoms with Crippen LogP contribution in [0, 0.1) is 0 Å². The lowest BCUT2D eigenvalue weighted by atomic mass is 9.90. The zero-order chi connectivity index (χ0) is 35.8. The van der Waals surface area contributed by atoms with Gasteiger partial charge in [0.2, 0.25) is 0 Å². The van der Waals surface area contributed by atoms with Crippen LogP contribution < -0.4 is 4.90 Å². The summed E-state index contributed by atoms with van der Waals surface area (Å²) in [5.74, 6) is 0. The molecule has 0 aliphatic carbocycles. The highest BCUT2D eigenvalue weighted by Gasteiger charge is 2.20. The summed E-state index contributed by atoms with van der Waals surface area (Å²) < 4.78 is 6.13. The van der Waals surface area contributed by atoms with Gasteiger partial charge in [0, 0.05) is 27.7 Å². The molecule has 54 heavy (non-hydrogen) atoms. The lowest BCUT2D eigenvalue weighted by molar-refractivity contribution is 0.669. The molecule has 0 radical (unpaired) electrons. The molecule has 0 saturated heterocycles. The molecule has 0 fully saturated rings. The maximum Gasteiger partial charge on any atom is 0.135 e. The van der Waals surface area contributed by atoms with Crippen LogP contribution >= 0.6 is 0 Å². The Bertz CT molecular complexity index is 2900. The van der Waals surface area contributed by atoms with Crippen molar-refractivity contribution in [1.29, 1.82) is 0 Å². The third-order valence-corrected chi connectivity index (χ3v) is 10.5. The molecule has 0 N–H and O–H groups in total. The molecule has 0 atom stereocenters. The van der Waals surface area contributed by atoms with Gasteiger partial charge in [0.25, 0.3) is 0 Å². The Balaban J connectivity index is 1.13. The van der Waals surface area contributed by atoms with E-state index in [-0.39, 0.29) is 0 Å². The van der Waals surface area contributed by atoms with Gasteiger partial charge in [-0.15, -0.1) is 0 Å². The van der Waals surface area contributed by atoms with Gasteiger partial charge in [-0.1, -0.05) is 164 Å². The number of hydrogen-bond acceptors (Lipinski definition) is 2. The molecule has 10 rings (SSSR count). The third kappa shape index (κ3) is 5.62. The Kier molecular flexibility index (Phi) is 7.85. The van der Waals surface area contributed by atoms with Gasteiger partial charge in [0.1, 0.15) is 11.2 Å². The summed E-state index contributed by atoms with van der Waals surface area (Å²) in [7, 11) is 0. The lowest BCUT2D eigenvalue weighted by Gasteiger charge is -2.28. The molecule has 0 aliphatic rings. The van der Waals surface area contributed by atoms with Gasteiger partial charge in [-0.3, -0.25) is 0 Å². The SMILES string of the molecule is c1ccc(-c2ccc(N(c3ccc(-c4ccc5oc6ccccc6c5c4)cc3)c3ccccc3-c3cccc4cccc(-c5ccccc5)c34)cc2)cc1. The summed E-state index contributed by atoms with van der Waals surface area (Å²) in [6.07, 6.45) is 0. The first-order chi connectivity index (χ1) is 26.8. The summed E-state index contributed by atoms with van der Waals surface area (Å²) in [6.45, 7) is 0. The van der Waals surface area contributed by atoms with Crippen molar-refractivity contribution in [1.82, 2.24) is 0 Å². The van der Waals surface area contributed by atoms with E-state index in [0.717, 1.165) is 50.1 Å². The number of para-hydroxylation sites is 2. The van der Waals surface area contributed by atoms with Crippen molar-refractivity contribution in [2.75, 3.05) is 4.90 Å². The predicted octanol–water partition coefficient (Wildman–Crippen LogP) is 14.9. The number of benzene rings is 9. The van der Waals surface area contributed by atoms with Crippen LogP contribution in [0.25, 0.3) is 77.2 Å². The Morgan fingerprint density at radius 1 is 0.315 bits per heavy atom. The molecule has 0 bridgehead atoms. The predicted molar refractivity (Wildman–Crippen MR) is 228 cm³/mol. The van der Waals surface area contributed by atoms with Gasteiger partial charge < -0.3 is 9.32 Å². The molecule has 10 aromatic rings. The second-order valence-electron chi connectivity index (χ2n) is 13.7. The first-order valence-electron chi connectivity index (χ1n) is 18.4. The number of anilines is 3. The number of hydrogen-bond donors (Lipinski definition) is 0. The quantitative estimate of drug-likeness (QED) is 0.166. The Labute approximate surface area is 314 Å². The molecule has 1 heterocycles. The second-order valence-corrected chi connectivity index (χ2v) is 13.7. The van der Waals surface area contributed by atoms with Gasteiger partial charge in [0.05, 0.1) is 5.69 Å². The van der Waals surface area contributed by atoms with Crippen molar-refractivity contribution in [2.45, 2.75) is 0 Å². The van der Waals surface area contributed by atoms with E-state index < -0.39 is 0 Å². The monoisotopic (exact) mass is 689 g/mol. The molecular weight excluding hydrogens is 655 g/mol. The molecule has 2 nitrogen and oxygen atoms in total. The first-order valence-corrected chi connectivity index (χ1v) is 18.4. The normalized spacial score (nSPS) is 11.3. The van der Waals surface area contributed by atoms with E-state index in [4.69, 9.17) is 4.42 Å². The average Bonchev–Trinajstić information content (AvgIpc) is 3.63. The van der Waals surface area contributed by atoms with E-state index in [1.54, 1.807) is 0 Å². The minimum absolute atomic E-state index is 0.905. The molecule has 0 spiro atoms. The topological polar surface area (TPSA) is 16.4 Å². The zero-order valence-electron chi connectivity index (χ0n) is 29.6. The van der Waals surface area contributed by atoms with Crippen molar-refractivity contribution in [3.05, 3.63) is 212 Å². The van der Waals surface area contributed by atoms with Gasteiger partial charge in [0.15, 0.2) is 0 Å². The van der Waals surface area contributed by atoms with Crippen LogP contribution in [0.15, 0.2) is 217 Å². The van der Waals surface area contributed by atoms with Crippen molar-refractivity contribution < 1.29 is 4.42 Å².